The maximum absolute atomic E-state index is 10.7. The Morgan fingerprint density at radius 1 is 1.38 bits per heavy atom. The third kappa shape index (κ3) is 4.90. The molecule has 0 aromatic carbocycles. The van der Waals surface area contributed by atoms with Crippen molar-refractivity contribution in [3.8, 4) is 0 Å². The SMILES string of the molecule is C=C/C=C(COC(C)=O)\C(=C/C=C)[N+](=O)[O-]. The lowest BCUT2D eigenvalue weighted by Gasteiger charge is -2.04. The molecule has 0 radical (unpaired) electrons. The molecule has 0 saturated heterocycles. The summed E-state index contributed by atoms with van der Waals surface area (Å²) in [6.45, 7) is 7.88. The maximum atomic E-state index is 10.7. The number of carbonyl (C=O) groups excluding carboxylic acids is 1. The summed E-state index contributed by atoms with van der Waals surface area (Å²) in [4.78, 5) is 20.8. The van der Waals surface area contributed by atoms with Gasteiger partial charge in [-0.3, -0.25) is 14.9 Å². The maximum Gasteiger partial charge on any atom is 0.302 e. The molecule has 0 aliphatic heterocycles. The summed E-state index contributed by atoms with van der Waals surface area (Å²) in [5, 5.41) is 10.7. The smallest absolute Gasteiger partial charge is 0.302 e. The predicted molar refractivity (Wildman–Crippen MR) is 60.2 cm³/mol. The lowest BCUT2D eigenvalue weighted by molar-refractivity contribution is -0.421. The molecule has 0 N–H and O–H groups in total. The highest BCUT2D eigenvalue weighted by molar-refractivity contribution is 5.66. The molecule has 0 amide bonds. The molecular weight excluding hydrogens is 210 g/mol. The normalized spacial score (nSPS) is 11.8. The number of allylic oxidation sites excluding steroid dienone is 4. The number of carbonyl (C=O) groups is 1. The largest absolute Gasteiger partial charge is 0.461 e. The van der Waals surface area contributed by atoms with E-state index in [4.69, 9.17) is 4.74 Å². The van der Waals surface area contributed by atoms with Gasteiger partial charge in [-0.05, 0) is 6.08 Å². The number of hydrogen-bond acceptors (Lipinski definition) is 4. The van der Waals surface area contributed by atoms with E-state index in [0.29, 0.717) is 0 Å². The molecule has 0 rings (SSSR count). The minimum absolute atomic E-state index is 0.165. The Hall–Kier alpha value is -2.17. The average molecular weight is 223 g/mol. The quantitative estimate of drug-likeness (QED) is 0.299. The van der Waals surface area contributed by atoms with Gasteiger partial charge >= 0.3 is 5.97 Å². The summed E-state index contributed by atoms with van der Waals surface area (Å²) < 4.78 is 4.70. The first-order valence-electron chi connectivity index (χ1n) is 4.45. The van der Waals surface area contributed by atoms with E-state index in [-0.39, 0.29) is 17.9 Å². The van der Waals surface area contributed by atoms with Crippen LogP contribution in [0.2, 0.25) is 0 Å². The van der Waals surface area contributed by atoms with Gasteiger partial charge < -0.3 is 4.74 Å². The van der Waals surface area contributed by atoms with Crippen molar-refractivity contribution < 1.29 is 14.5 Å². The molecule has 86 valence electrons. The molecule has 0 atom stereocenters. The fraction of sp³-hybridized carbons (Fsp3) is 0.182. The molecule has 0 spiro atoms. The second-order valence-corrected chi connectivity index (χ2v) is 2.75. The summed E-state index contributed by atoms with van der Waals surface area (Å²) in [7, 11) is 0. The van der Waals surface area contributed by atoms with E-state index in [1.165, 1.54) is 31.2 Å². The van der Waals surface area contributed by atoms with E-state index >= 15 is 0 Å². The fourth-order valence-electron chi connectivity index (χ4n) is 0.926. The van der Waals surface area contributed by atoms with E-state index in [0.717, 1.165) is 0 Å². The molecule has 0 unspecified atom stereocenters. The Kier molecular flexibility index (Phi) is 6.19. The number of hydrogen-bond donors (Lipinski definition) is 0. The van der Waals surface area contributed by atoms with E-state index in [9.17, 15) is 14.9 Å². The Morgan fingerprint density at radius 2 is 1.94 bits per heavy atom. The number of rotatable bonds is 6. The topological polar surface area (TPSA) is 69.4 Å². The summed E-state index contributed by atoms with van der Waals surface area (Å²) in [5.74, 6) is -0.503. The van der Waals surface area contributed by atoms with Crippen molar-refractivity contribution in [2.24, 2.45) is 0 Å². The van der Waals surface area contributed by atoms with Crippen LogP contribution in [0.25, 0.3) is 0 Å². The Morgan fingerprint density at radius 3 is 2.31 bits per heavy atom. The first-order chi connectivity index (χ1) is 7.52. The van der Waals surface area contributed by atoms with Crippen LogP contribution in [-0.2, 0) is 9.53 Å². The van der Waals surface area contributed by atoms with Crippen LogP contribution < -0.4 is 0 Å². The van der Waals surface area contributed by atoms with Gasteiger partial charge in [-0.15, -0.1) is 0 Å². The van der Waals surface area contributed by atoms with Crippen LogP contribution in [-0.4, -0.2) is 17.5 Å². The fourth-order valence-corrected chi connectivity index (χ4v) is 0.926. The molecular formula is C11H13NO4. The molecule has 0 bridgehead atoms. The van der Waals surface area contributed by atoms with Crippen molar-refractivity contribution in [2.45, 2.75) is 6.92 Å². The highest BCUT2D eigenvalue weighted by Crippen LogP contribution is 2.12. The van der Waals surface area contributed by atoms with Gasteiger partial charge in [0.05, 0.1) is 10.5 Å². The standard InChI is InChI=1S/C11H13NO4/c1-4-6-10(8-16-9(3)13)11(7-5-2)12(14)15/h4-7H,1-2,8H2,3H3/b10-6-,11-7+. The number of nitrogens with zero attached hydrogens (tertiary/aromatic N) is 1. The lowest BCUT2D eigenvalue weighted by Crippen LogP contribution is -2.10. The van der Waals surface area contributed by atoms with Gasteiger partial charge in [-0.1, -0.05) is 25.3 Å². The summed E-state index contributed by atoms with van der Waals surface area (Å²) in [5.41, 5.74) is 0.0891. The summed E-state index contributed by atoms with van der Waals surface area (Å²) >= 11 is 0. The number of esters is 1. The third-order valence-electron chi connectivity index (χ3n) is 1.55. The minimum atomic E-state index is -0.569. The van der Waals surface area contributed by atoms with Crippen LogP contribution in [0.3, 0.4) is 0 Å². The zero-order valence-corrected chi connectivity index (χ0v) is 9.01. The van der Waals surface area contributed by atoms with Crippen molar-refractivity contribution in [2.75, 3.05) is 6.61 Å². The second kappa shape index (κ2) is 7.17. The van der Waals surface area contributed by atoms with Crippen LogP contribution in [0.5, 0.6) is 0 Å². The van der Waals surface area contributed by atoms with Crippen LogP contribution in [0.4, 0.5) is 0 Å². The summed E-state index contributed by atoms with van der Waals surface area (Å²) in [6, 6.07) is 0. The van der Waals surface area contributed by atoms with Gasteiger partial charge in [0.1, 0.15) is 6.61 Å². The molecule has 0 heterocycles. The summed E-state index contributed by atoms with van der Waals surface area (Å²) in [6.07, 6.45) is 5.34. The molecule has 0 aromatic heterocycles. The van der Waals surface area contributed by atoms with Gasteiger partial charge in [0.2, 0.25) is 0 Å². The highest BCUT2D eigenvalue weighted by atomic mass is 16.6. The molecule has 5 heteroatoms. The van der Waals surface area contributed by atoms with Crippen molar-refractivity contribution in [1.29, 1.82) is 0 Å². The van der Waals surface area contributed by atoms with Gasteiger partial charge in [-0.25, -0.2) is 0 Å². The molecule has 0 aromatic rings. The van der Waals surface area contributed by atoms with E-state index in [1.54, 1.807) is 0 Å². The molecule has 0 aliphatic carbocycles. The molecule has 0 saturated carbocycles. The molecule has 0 aliphatic rings. The number of nitro groups is 1. The van der Waals surface area contributed by atoms with Gasteiger partial charge in [-0.2, -0.15) is 0 Å². The zero-order chi connectivity index (χ0) is 12.6. The first-order valence-corrected chi connectivity index (χ1v) is 4.45. The van der Waals surface area contributed by atoms with Crippen LogP contribution in [0.1, 0.15) is 6.92 Å². The van der Waals surface area contributed by atoms with E-state index < -0.39 is 10.9 Å². The van der Waals surface area contributed by atoms with Crippen LogP contribution in [0.15, 0.2) is 48.7 Å². The van der Waals surface area contributed by atoms with Crippen LogP contribution in [0, 0.1) is 10.1 Å². The van der Waals surface area contributed by atoms with E-state index in [2.05, 4.69) is 13.2 Å². The first kappa shape index (κ1) is 13.8. The predicted octanol–water partition coefficient (Wildman–Crippen LogP) is 2.01. The van der Waals surface area contributed by atoms with Crippen LogP contribution >= 0.6 is 0 Å². The Balaban J connectivity index is 5.01. The lowest BCUT2D eigenvalue weighted by atomic mass is 10.2. The van der Waals surface area contributed by atoms with Gasteiger partial charge in [0.15, 0.2) is 0 Å². The van der Waals surface area contributed by atoms with E-state index in [1.807, 2.05) is 0 Å². The molecule has 5 nitrogen and oxygen atoms in total. The molecule has 16 heavy (non-hydrogen) atoms. The highest BCUT2D eigenvalue weighted by Gasteiger charge is 2.16. The van der Waals surface area contributed by atoms with Crippen molar-refractivity contribution in [1.82, 2.24) is 0 Å². The van der Waals surface area contributed by atoms with Gasteiger partial charge in [0.25, 0.3) is 5.70 Å². The Labute approximate surface area is 93.6 Å². The van der Waals surface area contributed by atoms with Gasteiger partial charge in [0, 0.05) is 13.0 Å². The Bertz CT molecular complexity index is 366. The van der Waals surface area contributed by atoms with Crippen molar-refractivity contribution >= 4 is 5.97 Å². The van der Waals surface area contributed by atoms with Crippen molar-refractivity contribution in [3.63, 3.8) is 0 Å². The molecule has 0 fully saturated rings. The van der Waals surface area contributed by atoms with Crippen molar-refractivity contribution in [3.05, 3.63) is 58.8 Å². The number of ether oxygens (including phenoxy) is 1. The zero-order valence-electron chi connectivity index (χ0n) is 9.01. The second-order valence-electron chi connectivity index (χ2n) is 2.75. The minimum Gasteiger partial charge on any atom is -0.461 e. The third-order valence-corrected chi connectivity index (χ3v) is 1.55. The monoisotopic (exact) mass is 223 g/mol. The average Bonchev–Trinajstić information content (AvgIpc) is 2.20.